The summed E-state index contributed by atoms with van der Waals surface area (Å²) in [6.45, 7) is 33.8. The molecule has 4 nitrogen and oxygen atoms in total. The lowest BCUT2D eigenvalue weighted by molar-refractivity contribution is -0.0835. The highest BCUT2D eigenvalue weighted by Gasteiger charge is 2.75. The van der Waals surface area contributed by atoms with Crippen LogP contribution in [-0.4, -0.2) is 46.0 Å². The molecule has 2 bridgehead atoms. The van der Waals surface area contributed by atoms with Crippen molar-refractivity contribution in [3.05, 3.63) is 101 Å². The number of ether oxygens (including phenoxy) is 1. The molecule has 2 fully saturated rings. The van der Waals surface area contributed by atoms with Gasteiger partial charge in [-0.1, -0.05) is 137 Å². The third-order valence-electron chi connectivity index (χ3n) is 13.0. The van der Waals surface area contributed by atoms with Crippen LogP contribution in [0.3, 0.4) is 0 Å². The van der Waals surface area contributed by atoms with E-state index >= 15 is 0 Å². The minimum atomic E-state index is -2.98. The molecule has 6 rings (SSSR count). The molecule has 7 heteroatoms. The van der Waals surface area contributed by atoms with Gasteiger partial charge >= 0.3 is 8.56 Å². The highest BCUT2D eigenvalue weighted by molar-refractivity contribution is 8.00. The van der Waals surface area contributed by atoms with E-state index < -0.39 is 27.9 Å². The van der Waals surface area contributed by atoms with E-state index in [1.807, 2.05) is 11.8 Å². The lowest BCUT2D eigenvalue weighted by atomic mass is 9.55. The van der Waals surface area contributed by atoms with Crippen LogP contribution in [0.5, 0.6) is 0 Å². The first-order chi connectivity index (χ1) is 24.1. The summed E-state index contributed by atoms with van der Waals surface area (Å²) in [6.07, 6.45) is 7.19. The Kier molecular flexibility index (Phi) is 10.6. The molecule has 0 aromatic heterocycles. The van der Waals surface area contributed by atoms with Gasteiger partial charge in [0, 0.05) is 26.8 Å². The van der Waals surface area contributed by atoms with Gasteiger partial charge in [0.05, 0.1) is 29.7 Å². The SMILES string of the molecule is CC1=C2[C@@H](Sc3ccccc3)[C@H](OCc3ccccc3)C3=CCCC=C3[C@@H]3O[Si](C(C)(C)C)(C(C)(C)C)O[C@@]3(C[C@@H]1O[Si](C)(C)C(C)(C)C)C2(C)C. The summed E-state index contributed by atoms with van der Waals surface area (Å²) < 4.78 is 31.0. The second-order valence-electron chi connectivity index (χ2n) is 19.9. The first kappa shape index (κ1) is 40.0. The van der Waals surface area contributed by atoms with E-state index in [1.165, 1.54) is 32.8 Å². The first-order valence-corrected chi connectivity index (χ1v) is 25.2. The monoisotopic (exact) mass is 758 g/mol. The fourth-order valence-electron chi connectivity index (χ4n) is 9.39. The van der Waals surface area contributed by atoms with Gasteiger partial charge in [0.25, 0.3) is 0 Å². The number of hydrogen-bond donors (Lipinski definition) is 0. The second-order valence-corrected chi connectivity index (χ2v) is 30.5. The maximum Gasteiger partial charge on any atom is 0.350 e. The lowest BCUT2D eigenvalue weighted by Gasteiger charge is -2.59. The summed E-state index contributed by atoms with van der Waals surface area (Å²) in [7, 11) is -5.18. The molecule has 1 saturated carbocycles. The minimum absolute atomic E-state index is 0.0120. The Morgan fingerprint density at radius 2 is 1.38 bits per heavy atom. The number of thioether (sulfide) groups is 1. The quantitative estimate of drug-likeness (QED) is 0.208. The normalized spacial score (nSPS) is 29.0. The number of hydrogen-bond acceptors (Lipinski definition) is 5. The van der Waals surface area contributed by atoms with Gasteiger partial charge in [-0.15, -0.1) is 11.8 Å². The first-order valence-electron chi connectivity index (χ1n) is 19.6. The van der Waals surface area contributed by atoms with Crippen LogP contribution in [-0.2, 0) is 24.6 Å². The predicted octanol–water partition coefficient (Wildman–Crippen LogP) is 12.7. The van der Waals surface area contributed by atoms with Crippen molar-refractivity contribution in [1.29, 1.82) is 0 Å². The van der Waals surface area contributed by atoms with Gasteiger partial charge in [-0.05, 0) is 77.9 Å². The standard InChI is InChI=1S/C45H66O4SSi2/c1-31-36(47-51(13,14)41(2,3)4)29-45-40(48-52(49-45,42(5,6)7)43(8,9)10)35-28-22-21-27-34(35)38(46-30-32-23-17-15-18-24-32)39(37(31)44(45,11)12)50-33-25-19-16-20-26-33/h15-20,23-28,36,38-40H,21-22,29-30H2,1-14H3/t36-,38+,39+,40-,45+/m0/s1. The predicted molar refractivity (Wildman–Crippen MR) is 224 cm³/mol. The topological polar surface area (TPSA) is 36.9 Å². The van der Waals surface area contributed by atoms with Crippen molar-refractivity contribution in [3.63, 3.8) is 0 Å². The Morgan fingerprint density at radius 1 is 0.827 bits per heavy atom. The van der Waals surface area contributed by atoms with E-state index in [1.54, 1.807) is 0 Å². The molecule has 1 spiro atoms. The van der Waals surface area contributed by atoms with Crippen molar-refractivity contribution < 1.29 is 18.0 Å². The summed E-state index contributed by atoms with van der Waals surface area (Å²) in [5.41, 5.74) is 5.47. The Morgan fingerprint density at radius 3 is 1.94 bits per heavy atom. The van der Waals surface area contributed by atoms with Gasteiger partial charge < -0.3 is 18.0 Å². The Bertz CT molecular complexity index is 1690. The van der Waals surface area contributed by atoms with Crippen LogP contribution in [0.25, 0.3) is 0 Å². The molecular formula is C45H66O4SSi2. The zero-order valence-corrected chi connectivity index (χ0v) is 37.4. The molecule has 3 aliphatic carbocycles. The van der Waals surface area contributed by atoms with E-state index in [-0.39, 0.29) is 38.7 Å². The zero-order chi connectivity index (χ0) is 38.1. The molecule has 0 N–H and O–H groups in total. The highest BCUT2D eigenvalue weighted by atomic mass is 32.2. The summed E-state index contributed by atoms with van der Waals surface area (Å²) >= 11 is 1.95. The molecule has 4 aliphatic rings. The minimum Gasteiger partial charge on any atom is -0.410 e. The number of rotatable bonds is 7. The van der Waals surface area contributed by atoms with Crippen molar-refractivity contribution in [2.24, 2.45) is 5.41 Å². The fourth-order valence-corrected chi connectivity index (χ4v) is 17.5. The molecule has 1 saturated heterocycles. The Labute approximate surface area is 322 Å². The molecule has 0 amide bonds. The van der Waals surface area contributed by atoms with Crippen LogP contribution < -0.4 is 0 Å². The molecule has 0 unspecified atom stereocenters. The number of benzene rings is 2. The third kappa shape index (κ3) is 6.66. The van der Waals surface area contributed by atoms with Crippen LogP contribution in [0.4, 0.5) is 0 Å². The summed E-state index contributed by atoms with van der Waals surface area (Å²) in [4.78, 5) is 1.24. The molecule has 2 aromatic rings. The molecule has 1 heterocycles. The highest BCUT2D eigenvalue weighted by Crippen LogP contribution is 2.69. The molecule has 0 radical (unpaired) electrons. The summed E-state index contributed by atoms with van der Waals surface area (Å²) in [5.74, 6) is 0. The van der Waals surface area contributed by atoms with Gasteiger partial charge in [0.1, 0.15) is 6.10 Å². The average Bonchev–Trinajstić information content (AvgIpc) is 3.42. The molecule has 52 heavy (non-hydrogen) atoms. The van der Waals surface area contributed by atoms with Crippen LogP contribution in [0, 0.1) is 5.41 Å². The van der Waals surface area contributed by atoms with Crippen LogP contribution >= 0.6 is 11.8 Å². The number of allylic oxidation sites excluding steroid dienone is 2. The summed E-state index contributed by atoms with van der Waals surface area (Å²) in [6, 6.07) is 21.6. The van der Waals surface area contributed by atoms with Gasteiger partial charge in [-0.3, -0.25) is 0 Å². The van der Waals surface area contributed by atoms with Gasteiger partial charge in [0.2, 0.25) is 0 Å². The van der Waals surface area contributed by atoms with Crippen molar-refractivity contribution in [2.75, 3.05) is 0 Å². The van der Waals surface area contributed by atoms with Crippen LogP contribution in [0.15, 0.2) is 100 Å². The van der Waals surface area contributed by atoms with E-state index in [2.05, 4.69) is 169 Å². The smallest absolute Gasteiger partial charge is 0.350 e. The lowest BCUT2D eigenvalue weighted by Crippen LogP contribution is -2.64. The van der Waals surface area contributed by atoms with Crippen molar-refractivity contribution in [2.45, 2.75) is 171 Å². The van der Waals surface area contributed by atoms with Crippen LogP contribution in [0.2, 0.25) is 28.2 Å². The molecule has 5 atom stereocenters. The average molecular weight is 759 g/mol. The fraction of sp³-hybridized carbons (Fsp3) is 0.600. The van der Waals surface area contributed by atoms with Crippen molar-refractivity contribution in [1.82, 2.24) is 0 Å². The van der Waals surface area contributed by atoms with Crippen molar-refractivity contribution in [3.8, 4) is 0 Å². The van der Waals surface area contributed by atoms with E-state index in [9.17, 15) is 0 Å². The van der Waals surface area contributed by atoms with E-state index in [0.717, 1.165) is 19.3 Å². The van der Waals surface area contributed by atoms with E-state index in [4.69, 9.17) is 18.0 Å². The maximum absolute atomic E-state index is 8.18. The largest absolute Gasteiger partial charge is 0.410 e. The maximum atomic E-state index is 8.18. The van der Waals surface area contributed by atoms with Gasteiger partial charge in [-0.25, -0.2) is 0 Å². The summed E-state index contributed by atoms with van der Waals surface area (Å²) in [5, 5.41) is -0.302. The second kappa shape index (κ2) is 13.8. The zero-order valence-electron chi connectivity index (χ0n) is 34.6. The van der Waals surface area contributed by atoms with Crippen LogP contribution in [0.1, 0.15) is 108 Å². The Balaban J connectivity index is 1.66. The molecule has 1 aliphatic heterocycles. The Hall–Kier alpha value is -1.72. The van der Waals surface area contributed by atoms with E-state index in [0.29, 0.717) is 6.61 Å². The third-order valence-corrected chi connectivity index (χ3v) is 24.0. The van der Waals surface area contributed by atoms with Gasteiger partial charge in [0.15, 0.2) is 8.32 Å². The van der Waals surface area contributed by atoms with Crippen molar-refractivity contribution >= 4 is 28.6 Å². The molecular weight excluding hydrogens is 693 g/mol. The number of fused-ring (bicyclic) bond motifs is 3. The molecule has 284 valence electrons. The molecule has 2 aromatic carbocycles. The van der Waals surface area contributed by atoms with Gasteiger partial charge in [-0.2, -0.15) is 0 Å².